The zero-order valence-electron chi connectivity index (χ0n) is 8.12. The molecule has 0 amide bonds. The van der Waals surface area contributed by atoms with Crippen molar-refractivity contribution in [2.45, 2.75) is 25.3 Å². The molecule has 4 heteroatoms. The molecule has 0 unspecified atom stereocenters. The van der Waals surface area contributed by atoms with Crippen LogP contribution in [0.1, 0.15) is 19.8 Å². The zero-order valence-corrected chi connectivity index (χ0v) is 8.12. The molecule has 0 saturated carbocycles. The van der Waals surface area contributed by atoms with Crippen LogP contribution in [-0.4, -0.2) is 25.2 Å². The summed E-state index contributed by atoms with van der Waals surface area (Å²) in [5.41, 5.74) is 2.11. The minimum atomic E-state index is -0.554. The topological polar surface area (TPSA) is 36.1 Å². The van der Waals surface area contributed by atoms with E-state index >= 15 is 0 Å². The lowest BCUT2D eigenvalue weighted by Gasteiger charge is -2.37. The number of nitrogens with one attached hydrogen (secondary N) is 3. The number of hydrogen-bond acceptors (Lipinski definition) is 3. The quantitative estimate of drug-likeness (QED) is 0.567. The normalized spacial score (nSPS) is 21.1. The van der Waals surface area contributed by atoms with Crippen molar-refractivity contribution in [1.29, 1.82) is 0 Å². The second-order valence-corrected chi connectivity index (χ2v) is 3.44. The fourth-order valence-corrected chi connectivity index (χ4v) is 1.69. The van der Waals surface area contributed by atoms with E-state index in [4.69, 9.17) is 0 Å². The van der Waals surface area contributed by atoms with Gasteiger partial charge >= 0.3 is 0 Å². The minimum Gasteiger partial charge on any atom is -0.388 e. The molecule has 0 radical (unpaired) electrons. The molecule has 0 aromatic heterocycles. The molecule has 0 spiro atoms. The number of piperidine rings is 1. The highest BCUT2D eigenvalue weighted by Crippen LogP contribution is 2.24. The summed E-state index contributed by atoms with van der Waals surface area (Å²) in [5.74, 6) is 0. The summed E-state index contributed by atoms with van der Waals surface area (Å²) < 4.78 is 12.7. The third-order valence-electron chi connectivity index (χ3n) is 2.61. The zero-order chi connectivity index (χ0) is 9.73. The Balaban J connectivity index is 2.61. The van der Waals surface area contributed by atoms with E-state index in [1.165, 1.54) is 0 Å². The number of hydrogen-bond donors (Lipinski definition) is 3. The lowest BCUT2D eigenvalue weighted by Crippen LogP contribution is -2.53. The first-order valence-electron chi connectivity index (χ1n) is 4.77. The van der Waals surface area contributed by atoms with Gasteiger partial charge < -0.3 is 10.6 Å². The molecule has 1 saturated heterocycles. The SMILES string of the molecule is C=C(NCC)C1(NF)CCNCC1. The maximum Gasteiger partial charge on any atom is 0.0893 e. The van der Waals surface area contributed by atoms with Gasteiger partial charge in [-0.3, -0.25) is 0 Å². The summed E-state index contributed by atoms with van der Waals surface area (Å²) in [6.07, 6.45) is 1.49. The summed E-state index contributed by atoms with van der Waals surface area (Å²) in [7, 11) is 0. The molecule has 0 aliphatic carbocycles. The number of rotatable bonds is 4. The highest BCUT2D eigenvalue weighted by Gasteiger charge is 2.34. The van der Waals surface area contributed by atoms with Crippen LogP contribution in [-0.2, 0) is 0 Å². The van der Waals surface area contributed by atoms with Crippen LogP contribution in [0.3, 0.4) is 0 Å². The van der Waals surface area contributed by atoms with Gasteiger partial charge in [-0.15, -0.1) is 10.0 Å². The molecule has 0 aromatic carbocycles. The second kappa shape index (κ2) is 4.58. The Morgan fingerprint density at radius 1 is 1.54 bits per heavy atom. The predicted molar refractivity (Wildman–Crippen MR) is 51.9 cm³/mol. The van der Waals surface area contributed by atoms with Crippen molar-refractivity contribution in [3.63, 3.8) is 0 Å². The average molecular weight is 187 g/mol. The largest absolute Gasteiger partial charge is 0.388 e. The number of halogens is 1. The van der Waals surface area contributed by atoms with Gasteiger partial charge in [0.15, 0.2) is 0 Å². The molecule has 76 valence electrons. The Morgan fingerprint density at radius 2 is 2.15 bits per heavy atom. The van der Waals surface area contributed by atoms with Crippen LogP contribution in [0.15, 0.2) is 12.3 Å². The molecule has 0 bridgehead atoms. The predicted octanol–water partition coefficient (Wildman–Crippen LogP) is 0.706. The van der Waals surface area contributed by atoms with Crippen molar-refractivity contribution in [3.8, 4) is 0 Å². The van der Waals surface area contributed by atoms with Gasteiger partial charge in [0.25, 0.3) is 0 Å². The van der Waals surface area contributed by atoms with E-state index < -0.39 is 5.54 Å². The van der Waals surface area contributed by atoms with Crippen molar-refractivity contribution in [1.82, 2.24) is 16.2 Å². The Labute approximate surface area is 78.7 Å². The van der Waals surface area contributed by atoms with Gasteiger partial charge in [-0.2, -0.15) is 0 Å². The van der Waals surface area contributed by atoms with Crippen LogP contribution in [0.25, 0.3) is 0 Å². The summed E-state index contributed by atoms with van der Waals surface area (Å²) >= 11 is 0. The summed E-state index contributed by atoms with van der Waals surface area (Å²) in [6, 6.07) is 0. The van der Waals surface area contributed by atoms with E-state index in [9.17, 15) is 4.48 Å². The first-order chi connectivity index (χ1) is 6.25. The minimum absolute atomic E-state index is 0.554. The van der Waals surface area contributed by atoms with Crippen molar-refractivity contribution in [2.75, 3.05) is 19.6 Å². The Morgan fingerprint density at radius 3 is 2.62 bits per heavy atom. The van der Waals surface area contributed by atoms with Gasteiger partial charge in [0.1, 0.15) is 0 Å². The molecule has 1 aliphatic heterocycles. The average Bonchev–Trinajstić information content (AvgIpc) is 2.19. The molecule has 1 aliphatic rings. The van der Waals surface area contributed by atoms with E-state index in [1.807, 2.05) is 12.5 Å². The monoisotopic (exact) mass is 187 g/mol. The summed E-state index contributed by atoms with van der Waals surface area (Å²) in [6.45, 7) is 8.31. The lowest BCUT2D eigenvalue weighted by atomic mass is 9.86. The third-order valence-corrected chi connectivity index (χ3v) is 2.61. The lowest BCUT2D eigenvalue weighted by molar-refractivity contribution is 0.155. The molecule has 3 N–H and O–H groups in total. The first-order valence-corrected chi connectivity index (χ1v) is 4.77. The Bertz CT molecular complexity index is 176. The fourth-order valence-electron chi connectivity index (χ4n) is 1.69. The molecule has 1 rings (SSSR count). The van der Waals surface area contributed by atoms with Gasteiger partial charge in [-0.05, 0) is 32.9 Å². The van der Waals surface area contributed by atoms with E-state index in [1.54, 1.807) is 0 Å². The molecule has 13 heavy (non-hydrogen) atoms. The van der Waals surface area contributed by atoms with Crippen LogP contribution >= 0.6 is 0 Å². The van der Waals surface area contributed by atoms with E-state index in [2.05, 4.69) is 17.2 Å². The highest BCUT2D eigenvalue weighted by atomic mass is 19.2. The van der Waals surface area contributed by atoms with Crippen LogP contribution < -0.4 is 16.2 Å². The fraction of sp³-hybridized carbons (Fsp3) is 0.778. The maximum absolute atomic E-state index is 12.7. The third kappa shape index (κ3) is 2.19. The summed E-state index contributed by atoms with van der Waals surface area (Å²) in [4.78, 5) is 0. The van der Waals surface area contributed by atoms with Gasteiger partial charge in [0.05, 0.1) is 5.54 Å². The van der Waals surface area contributed by atoms with Crippen LogP contribution in [0.4, 0.5) is 4.48 Å². The van der Waals surface area contributed by atoms with Gasteiger partial charge in [-0.1, -0.05) is 6.58 Å². The van der Waals surface area contributed by atoms with E-state index in [-0.39, 0.29) is 0 Å². The maximum atomic E-state index is 12.7. The highest BCUT2D eigenvalue weighted by molar-refractivity contribution is 5.15. The smallest absolute Gasteiger partial charge is 0.0893 e. The molecule has 1 fully saturated rings. The van der Waals surface area contributed by atoms with Crippen LogP contribution in [0, 0.1) is 0 Å². The van der Waals surface area contributed by atoms with Gasteiger partial charge in [0.2, 0.25) is 0 Å². The van der Waals surface area contributed by atoms with Gasteiger partial charge in [-0.25, -0.2) is 0 Å². The van der Waals surface area contributed by atoms with Crippen LogP contribution in [0.2, 0.25) is 0 Å². The Hall–Kier alpha value is -0.610. The molecule has 3 nitrogen and oxygen atoms in total. The Kier molecular flexibility index (Phi) is 3.69. The van der Waals surface area contributed by atoms with E-state index in [0.717, 1.165) is 38.2 Å². The van der Waals surface area contributed by atoms with Crippen molar-refractivity contribution < 1.29 is 4.48 Å². The van der Waals surface area contributed by atoms with E-state index in [0.29, 0.717) is 0 Å². The molecule has 1 heterocycles. The first kappa shape index (κ1) is 10.5. The van der Waals surface area contributed by atoms with Crippen LogP contribution in [0.5, 0.6) is 0 Å². The standard InChI is InChI=1S/C9H18FN3/c1-3-12-8(2)9(13-10)4-6-11-7-5-9/h11-13H,2-7H2,1H3. The van der Waals surface area contributed by atoms with Crippen molar-refractivity contribution >= 4 is 0 Å². The number of likely N-dealkylation sites (N-methyl/N-ethyl adjacent to an activating group) is 1. The second-order valence-electron chi connectivity index (χ2n) is 3.44. The van der Waals surface area contributed by atoms with Crippen molar-refractivity contribution in [2.24, 2.45) is 0 Å². The molecular formula is C9H18FN3. The molecule has 0 atom stereocenters. The summed E-state index contributed by atoms with van der Waals surface area (Å²) in [5, 5.41) is 6.28. The van der Waals surface area contributed by atoms with Crippen molar-refractivity contribution in [3.05, 3.63) is 12.3 Å². The molecule has 0 aromatic rings. The molecular weight excluding hydrogens is 169 g/mol. The van der Waals surface area contributed by atoms with Gasteiger partial charge in [0, 0.05) is 12.2 Å².